The maximum atomic E-state index is 13.5. The molecule has 0 aromatic carbocycles. The van der Waals surface area contributed by atoms with Crippen LogP contribution in [0.4, 0.5) is 38.0 Å². The van der Waals surface area contributed by atoms with Crippen LogP contribution in [0.1, 0.15) is 25.0 Å². The Morgan fingerprint density at radius 3 is 2.58 bits per heavy atom. The summed E-state index contributed by atoms with van der Waals surface area (Å²) in [5, 5.41) is 3.66. The van der Waals surface area contributed by atoms with Gasteiger partial charge in [-0.05, 0) is 12.8 Å². The number of rotatable bonds is 9. The number of piperazine rings is 1. The average molecular weight is 621 g/mol. The summed E-state index contributed by atoms with van der Waals surface area (Å²) in [6, 6.07) is -1.34. The molecule has 1 aromatic heterocycles. The number of likely N-dealkylation sites (tertiary alicyclic amines) is 1. The molecule has 3 aliphatic rings. The van der Waals surface area contributed by atoms with E-state index in [1.165, 1.54) is 28.8 Å². The lowest BCUT2D eigenvalue weighted by Crippen LogP contribution is -2.63. The van der Waals surface area contributed by atoms with E-state index in [0.29, 0.717) is 19.0 Å². The third-order valence-corrected chi connectivity index (χ3v) is 7.44. The number of halogens is 6. The van der Waals surface area contributed by atoms with Crippen LogP contribution in [0.3, 0.4) is 0 Å². The Morgan fingerprint density at radius 2 is 1.93 bits per heavy atom. The fraction of sp³-hybridized carbons (Fsp3) is 0.600. The van der Waals surface area contributed by atoms with Gasteiger partial charge in [0.1, 0.15) is 11.6 Å². The van der Waals surface area contributed by atoms with Crippen molar-refractivity contribution < 1.29 is 45.5 Å². The number of ether oxygens (including phenoxy) is 1. The Morgan fingerprint density at radius 1 is 1.19 bits per heavy atom. The molecular weight excluding hydrogens is 590 g/mol. The predicted octanol–water partition coefficient (Wildman–Crippen LogP) is 1.58. The number of aldehydes is 1. The molecule has 4 heterocycles. The van der Waals surface area contributed by atoms with Crippen LogP contribution >= 0.6 is 0 Å². The number of alkyl halides is 6. The van der Waals surface area contributed by atoms with E-state index in [-0.39, 0.29) is 75.3 Å². The van der Waals surface area contributed by atoms with Crippen molar-refractivity contribution in [1.82, 2.24) is 25.2 Å². The van der Waals surface area contributed by atoms with Gasteiger partial charge in [-0.2, -0.15) is 31.4 Å². The number of carbonyl (C=O) groups excluding carboxylic acids is 3. The molecule has 1 aromatic rings. The molecule has 43 heavy (non-hydrogen) atoms. The van der Waals surface area contributed by atoms with E-state index in [4.69, 9.17) is 4.74 Å². The highest BCUT2D eigenvalue weighted by molar-refractivity contribution is 6.04. The van der Waals surface area contributed by atoms with Crippen molar-refractivity contribution in [3.63, 3.8) is 0 Å². The van der Waals surface area contributed by atoms with Gasteiger partial charge in [0.25, 0.3) is 5.91 Å². The van der Waals surface area contributed by atoms with Gasteiger partial charge in [0.2, 0.25) is 5.91 Å². The average Bonchev–Trinajstić information content (AvgIpc) is 3.42. The number of nitrogens with zero attached hydrogens (tertiary/aromatic N) is 7. The summed E-state index contributed by atoms with van der Waals surface area (Å²) >= 11 is 0. The number of hydrogen-bond acceptors (Lipinski definition) is 10. The van der Waals surface area contributed by atoms with Gasteiger partial charge in [-0.15, -0.1) is 0 Å². The van der Waals surface area contributed by atoms with Crippen molar-refractivity contribution in [1.29, 1.82) is 0 Å². The largest absolute Gasteiger partial charge is 0.434 e. The molecule has 18 heteroatoms. The maximum absolute atomic E-state index is 13.5. The first-order valence-corrected chi connectivity index (χ1v) is 13.3. The van der Waals surface area contributed by atoms with Gasteiger partial charge in [0, 0.05) is 33.7 Å². The number of likely N-dealkylation sites (N-methyl/N-ethyl adjacent to an activating group) is 1. The van der Waals surface area contributed by atoms with Gasteiger partial charge < -0.3 is 24.9 Å². The molecule has 4 rings (SSSR count). The number of allylic oxidation sites excluding steroid dienone is 2. The highest BCUT2D eigenvalue weighted by atomic mass is 19.4. The van der Waals surface area contributed by atoms with E-state index >= 15 is 0 Å². The molecule has 3 aliphatic heterocycles. The molecule has 0 spiro atoms. The second kappa shape index (κ2) is 12.7. The van der Waals surface area contributed by atoms with Crippen molar-refractivity contribution in [2.75, 3.05) is 63.3 Å². The van der Waals surface area contributed by atoms with Crippen LogP contribution in [0.5, 0.6) is 0 Å². The van der Waals surface area contributed by atoms with Gasteiger partial charge in [0.15, 0.2) is 23.6 Å². The molecule has 0 radical (unpaired) electrons. The molecular formula is C25H30F6N8O4. The Balaban J connectivity index is 1.35. The minimum absolute atomic E-state index is 0.00319. The Kier molecular flexibility index (Phi) is 9.46. The van der Waals surface area contributed by atoms with E-state index in [0.717, 1.165) is 11.1 Å². The molecule has 0 aliphatic carbocycles. The summed E-state index contributed by atoms with van der Waals surface area (Å²) < 4.78 is 85.5. The SMILES string of the molecule is CN/N=C\C(=C(/C=O)C(F)(F)F)N1CCCC1COCCC(=O)N1CCN2c3ncc(C(F)(F)F)nc3N(C)C(=O)C2C1. The summed E-state index contributed by atoms with van der Waals surface area (Å²) in [4.78, 5) is 50.2. The maximum Gasteiger partial charge on any atom is 0.434 e. The van der Waals surface area contributed by atoms with E-state index in [9.17, 15) is 40.7 Å². The number of amides is 2. The Hall–Kier alpha value is -3.96. The van der Waals surface area contributed by atoms with Crippen molar-refractivity contribution in [3.05, 3.63) is 23.2 Å². The van der Waals surface area contributed by atoms with Crippen LogP contribution in [-0.4, -0.2) is 116 Å². The lowest BCUT2D eigenvalue weighted by atomic mass is 10.1. The molecule has 2 fully saturated rings. The first-order chi connectivity index (χ1) is 20.3. The first kappa shape index (κ1) is 32.0. The molecule has 0 saturated carbocycles. The van der Waals surface area contributed by atoms with Gasteiger partial charge in [0.05, 0.1) is 50.3 Å². The zero-order valence-corrected chi connectivity index (χ0v) is 23.3. The molecule has 2 amide bonds. The van der Waals surface area contributed by atoms with Crippen LogP contribution in [0.15, 0.2) is 22.6 Å². The molecule has 0 bridgehead atoms. The molecule has 2 saturated heterocycles. The summed E-state index contributed by atoms with van der Waals surface area (Å²) in [6.45, 7) is 0.511. The fourth-order valence-electron chi connectivity index (χ4n) is 5.30. The molecule has 1 N–H and O–H groups in total. The fourth-order valence-corrected chi connectivity index (χ4v) is 5.30. The first-order valence-electron chi connectivity index (χ1n) is 13.3. The lowest BCUT2D eigenvalue weighted by molar-refractivity contribution is -0.141. The van der Waals surface area contributed by atoms with Gasteiger partial charge in [-0.1, -0.05) is 0 Å². The summed E-state index contributed by atoms with van der Waals surface area (Å²) in [7, 11) is 2.71. The number of hydrazone groups is 1. The topological polar surface area (TPSA) is 124 Å². The van der Waals surface area contributed by atoms with Crippen LogP contribution in [0.2, 0.25) is 0 Å². The number of carbonyl (C=O) groups is 3. The van der Waals surface area contributed by atoms with E-state index in [1.54, 1.807) is 0 Å². The van der Waals surface area contributed by atoms with E-state index < -0.39 is 41.6 Å². The number of fused-ring (bicyclic) bond motifs is 3. The monoisotopic (exact) mass is 620 g/mol. The van der Waals surface area contributed by atoms with Gasteiger partial charge in [-0.3, -0.25) is 19.3 Å². The second-order valence-electron chi connectivity index (χ2n) is 10.1. The predicted molar refractivity (Wildman–Crippen MR) is 140 cm³/mol. The highest BCUT2D eigenvalue weighted by Crippen LogP contribution is 2.37. The van der Waals surface area contributed by atoms with E-state index in [2.05, 4.69) is 20.5 Å². The normalized spacial score (nSPS) is 21.6. The third kappa shape index (κ3) is 6.83. The minimum atomic E-state index is -4.88. The standard InChI is InChI=1S/C25H30F6N8O4/c1-32-34-10-17(16(13-40)24(26,27)28)38-6-3-4-15(38)14-43-9-5-20(41)37-7-8-39-18(12-37)23(42)36(2)22-21(39)33-11-19(35-22)25(29,30)31/h10-11,13,15,18,32H,3-9,12,14H2,1-2H3/b17-16-,34-10-. The molecule has 2 atom stereocenters. The van der Waals surface area contributed by atoms with Gasteiger partial charge in [-0.25, -0.2) is 9.97 Å². The van der Waals surface area contributed by atoms with Crippen LogP contribution < -0.4 is 15.2 Å². The number of hydrogen-bond donors (Lipinski definition) is 1. The van der Waals surface area contributed by atoms with Crippen molar-refractivity contribution in [2.45, 2.75) is 43.7 Å². The number of anilines is 2. The zero-order chi connectivity index (χ0) is 31.5. The van der Waals surface area contributed by atoms with Crippen molar-refractivity contribution >= 4 is 36.0 Å². The third-order valence-electron chi connectivity index (χ3n) is 7.44. The van der Waals surface area contributed by atoms with Crippen LogP contribution in [0, 0.1) is 0 Å². The van der Waals surface area contributed by atoms with Crippen molar-refractivity contribution in [2.24, 2.45) is 5.10 Å². The zero-order valence-electron chi connectivity index (χ0n) is 23.3. The molecule has 2 unspecified atom stereocenters. The summed E-state index contributed by atoms with van der Waals surface area (Å²) in [6.07, 6.45) is -7.30. The smallest absolute Gasteiger partial charge is 0.379 e. The summed E-state index contributed by atoms with van der Waals surface area (Å²) in [5.41, 5.74) is -0.577. The molecule has 236 valence electrons. The van der Waals surface area contributed by atoms with E-state index in [1.807, 2.05) is 0 Å². The van der Waals surface area contributed by atoms with Crippen LogP contribution in [-0.2, 0) is 25.3 Å². The Labute approximate surface area is 242 Å². The number of nitrogens with one attached hydrogen (secondary N) is 1. The molecule has 12 nitrogen and oxygen atoms in total. The highest BCUT2D eigenvalue weighted by Gasteiger charge is 2.44. The van der Waals surface area contributed by atoms with Crippen LogP contribution in [0.25, 0.3) is 0 Å². The lowest BCUT2D eigenvalue weighted by Gasteiger charge is -2.46. The number of aromatic nitrogens is 2. The minimum Gasteiger partial charge on any atom is -0.379 e. The summed E-state index contributed by atoms with van der Waals surface area (Å²) in [5.74, 6) is -0.954. The van der Waals surface area contributed by atoms with Gasteiger partial charge >= 0.3 is 12.4 Å². The Bertz CT molecular complexity index is 1290. The van der Waals surface area contributed by atoms with Crippen molar-refractivity contribution in [3.8, 4) is 0 Å². The second-order valence-corrected chi connectivity index (χ2v) is 10.1. The quantitative estimate of drug-likeness (QED) is 0.110.